The van der Waals surface area contributed by atoms with E-state index in [1.54, 1.807) is 48.5 Å². The number of nitrogens with zero attached hydrogens (tertiary/aromatic N) is 2. The zero-order valence-corrected chi connectivity index (χ0v) is 23.3. The van der Waals surface area contributed by atoms with E-state index in [4.69, 9.17) is 46.6 Å². The van der Waals surface area contributed by atoms with Crippen LogP contribution in [0.2, 0.25) is 10.0 Å². The number of halogens is 2. The number of rotatable bonds is 11. The van der Waals surface area contributed by atoms with Crippen LogP contribution in [0.4, 0.5) is 0 Å². The number of hydrogen-bond donors (Lipinski definition) is 1. The van der Waals surface area contributed by atoms with Crippen molar-refractivity contribution in [1.29, 1.82) is 0 Å². The largest absolute Gasteiger partial charge is 0.497 e. The van der Waals surface area contributed by atoms with Crippen LogP contribution in [0.5, 0.6) is 23.0 Å². The smallest absolute Gasteiger partial charge is 0.342 e. The summed E-state index contributed by atoms with van der Waals surface area (Å²) in [6, 6.07) is 15.4. The molecule has 202 valence electrons. The number of carboxylic acid groups (broad SMARTS) is 1. The third kappa shape index (κ3) is 7.17. The Morgan fingerprint density at radius 1 is 0.923 bits per heavy atom. The maximum atomic E-state index is 12.0. The first-order valence-corrected chi connectivity index (χ1v) is 12.8. The summed E-state index contributed by atoms with van der Waals surface area (Å²) in [4.78, 5) is 12.0. The van der Waals surface area contributed by atoms with Crippen molar-refractivity contribution in [3.63, 3.8) is 0 Å². The second kappa shape index (κ2) is 12.8. The number of thioether (sulfide) groups is 1. The van der Waals surface area contributed by atoms with Crippen molar-refractivity contribution in [1.82, 2.24) is 10.2 Å². The van der Waals surface area contributed by atoms with Crippen molar-refractivity contribution in [3.8, 4) is 34.5 Å². The lowest BCUT2D eigenvalue weighted by Gasteiger charge is -2.12. The first-order valence-electron chi connectivity index (χ1n) is 11.2. The number of carbonyl (C=O) groups is 1. The summed E-state index contributed by atoms with van der Waals surface area (Å²) in [6.07, 6.45) is 1.47. The molecule has 0 aliphatic carbocycles. The van der Waals surface area contributed by atoms with Gasteiger partial charge in [0, 0.05) is 11.6 Å². The van der Waals surface area contributed by atoms with Crippen molar-refractivity contribution in [2.45, 2.75) is 11.8 Å². The van der Waals surface area contributed by atoms with E-state index in [0.29, 0.717) is 44.2 Å². The van der Waals surface area contributed by atoms with Gasteiger partial charge in [-0.1, -0.05) is 35.3 Å². The highest BCUT2D eigenvalue weighted by atomic mass is 35.5. The molecule has 0 saturated heterocycles. The highest BCUT2D eigenvalue weighted by molar-refractivity contribution is 8.03. The predicted molar refractivity (Wildman–Crippen MR) is 148 cm³/mol. The lowest BCUT2D eigenvalue weighted by Crippen LogP contribution is -1.99. The average molecular weight is 589 g/mol. The fraction of sp³-hybridized carbons (Fsp3) is 0.148. The molecule has 1 N–H and O–H groups in total. The van der Waals surface area contributed by atoms with Gasteiger partial charge in [-0.3, -0.25) is 0 Å². The summed E-state index contributed by atoms with van der Waals surface area (Å²) in [5.74, 6) is 1.000. The minimum absolute atomic E-state index is 0.0417. The van der Waals surface area contributed by atoms with Gasteiger partial charge >= 0.3 is 5.97 Å². The minimum Gasteiger partial charge on any atom is -0.497 e. The van der Waals surface area contributed by atoms with Crippen LogP contribution in [0.3, 0.4) is 0 Å². The van der Waals surface area contributed by atoms with Gasteiger partial charge in [0.25, 0.3) is 5.22 Å². The van der Waals surface area contributed by atoms with Gasteiger partial charge in [-0.15, -0.1) is 10.2 Å². The molecule has 4 aromatic rings. The van der Waals surface area contributed by atoms with Crippen molar-refractivity contribution < 1.29 is 33.3 Å². The van der Waals surface area contributed by atoms with Gasteiger partial charge in [-0.05, 0) is 65.4 Å². The van der Waals surface area contributed by atoms with Gasteiger partial charge in [0.2, 0.25) is 5.89 Å². The van der Waals surface area contributed by atoms with E-state index in [9.17, 15) is 9.90 Å². The van der Waals surface area contributed by atoms with Crippen molar-refractivity contribution in [2.24, 2.45) is 0 Å². The molecule has 0 bridgehead atoms. The maximum Gasteiger partial charge on any atom is 0.342 e. The van der Waals surface area contributed by atoms with Crippen LogP contribution in [0, 0.1) is 0 Å². The molecule has 1 aromatic heterocycles. The summed E-state index contributed by atoms with van der Waals surface area (Å²) >= 11 is 12.9. The maximum absolute atomic E-state index is 12.0. The first-order chi connectivity index (χ1) is 18.8. The minimum atomic E-state index is -1.17. The standard InChI is InChI=1S/C27H22Cl2N2O7S/c1-34-18-11-17(12-19(13-18)35-2)25-30-31-27(38-25)39-24(26(32)33)10-15-5-7-22(23(9-15)36-3)37-14-16-4-6-20(28)21(29)8-16/h4-13H,14H2,1-3H3,(H,32,33)/b24-10-. The second-order valence-electron chi connectivity index (χ2n) is 7.84. The van der Waals surface area contributed by atoms with Crippen LogP contribution in [-0.2, 0) is 11.4 Å². The molecule has 4 rings (SSSR count). The third-order valence-electron chi connectivity index (χ3n) is 5.28. The highest BCUT2D eigenvalue weighted by Crippen LogP contribution is 2.35. The monoisotopic (exact) mass is 588 g/mol. The van der Waals surface area contributed by atoms with Crippen LogP contribution >= 0.6 is 35.0 Å². The summed E-state index contributed by atoms with van der Waals surface area (Å²) in [5, 5.41) is 18.7. The number of carboxylic acids is 1. The summed E-state index contributed by atoms with van der Waals surface area (Å²) in [5.41, 5.74) is 1.95. The third-order valence-corrected chi connectivity index (χ3v) is 6.87. The normalized spacial score (nSPS) is 11.3. The molecule has 0 saturated carbocycles. The van der Waals surface area contributed by atoms with E-state index in [1.165, 1.54) is 27.4 Å². The van der Waals surface area contributed by atoms with Gasteiger partial charge < -0.3 is 28.5 Å². The van der Waals surface area contributed by atoms with Crippen molar-refractivity contribution in [2.75, 3.05) is 21.3 Å². The van der Waals surface area contributed by atoms with Crippen LogP contribution in [0.25, 0.3) is 17.5 Å². The molecule has 0 amide bonds. The average Bonchev–Trinajstić information content (AvgIpc) is 3.42. The summed E-state index contributed by atoms with van der Waals surface area (Å²) < 4.78 is 27.6. The van der Waals surface area contributed by atoms with E-state index in [0.717, 1.165) is 17.3 Å². The lowest BCUT2D eigenvalue weighted by molar-refractivity contribution is -0.131. The Morgan fingerprint density at radius 2 is 1.67 bits per heavy atom. The molecule has 0 atom stereocenters. The van der Waals surface area contributed by atoms with Crippen LogP contribution in [0.1, 0.15) is 11.1 Å². The number of benzene rings is 3. The fourth-order valence-electron chi connectivity index (χ4n) is 3.36. The van der Waals surface area contributed by atoms with Crippen molar-refractivity contribution in [3.05, 3.63) is 80.7 Å². The Morgan fingerprint density at radius 3 is 2.31 bits per heavy atom. The number of aliphatic carboxylic acids is 1. The van der Waals surface area contributed by atoms with E-state index in [1.807, 2.05) is 6.07 Å². The summed E-state index contributed by atoms with van der Waals surface area (Å²) in [7, 11) is 4.55. The van der Waals surface area contributed by atoms with E-state index >= 15 is 0 Å². The topological polar surface area (TPSA) is 113 Å². The first kappa shape index (κ1) is 28.2. The van der Waals surface area contributed by atoms with Crippen LogP contribution in [0.15, 0.2) is 69.1 Å². The number of methoxy groups -OCH3 is 3. The SMILES string of the molecule is COc1cc(OC)cc(-c2nnc(S/C(=C\c3ccc(OCc4ccc(Cl)c(Cl)c4)c(OC)c3)C(=O)O)o2)c1. The molecule has 0 unspecified atom stereocenters. The van der Waals surface area contributed by atoms with E-state index in [-0.39, 0.29) is 22.6 Å². The van der Waals surface area contributed by atoms with Gasteiger partial charge in [0.15, 0.2) is 11.5 Å². The molecular weight excluding hydrogens is 567 g/mol. The van der Waals surface area contributed by atoms with E-state index < -0.39 is 5.97 Å². The number of hydrogen-bond acceptors (Lipinski definition) is 9. The Labute approximate surface area is 238 Å². The second-order valence-corrected chi connectivity index (χ2v) is 9.65. The predicted octanol–water partition coefficient (Wildman–Crippen LogP) is 6.87. The summed E-state index contributed by atoms with van der Waals surface area (Å²) in [6.45, 7) is 0.233. The lowest BCUT2D eigenvalue weighted by atomic mass is 10.2. The molecule has 12 heteroatoms. The van der Waals surface area contributed by atoms with Crippen LogP contribution in [-0.4, -0.2) is 42.6 Å². The molecule has 0 spiro atoms. The molecule has 0 aliphatic heterocycles. The van der Waals surface area contributed by atoms with Gasteiger partial charge in [0.05, 0.1) is 31.4 Å². The zero-order valence-electron chi connectivity index (χ0n) is 20.9. The zero-order chi connectivity index (χ0) is 27.9. The Kier molecular flexibility index (Phi) is 9.23. The molecule has 0 radical (unpaired) electrons. The highest BCUT2D eigenvalue weighted by Gasteiger charge is 2.18. The van der Waals surface area contributed by atoms with Gasteiger partial charge in [-0.25, -0.2) is 4.79 Å². The molecule has 9 nitrogen and oxygen atoms in total. The number of ether oxygens (including phenoxy) is 4. The Hall–Kier alpha value is -3.86. The molecular formula is C27H22Cl2N2O7S. The molecule has 3 aromatic carbocycles. The van der Waals surface area contributed by atoms with Crippen LogP contribution < -0.4 is 18.9 Å². The molecule has 39 heavy (non-hydrogen) atoms. The fourth-order valence-corrected chi connectivity index (χ4v) is 4.36. The van der Waals surface area contributed by atoms with Gasteiger partial charge in [-0.2, -0.15) is 0 Å². The van der Waals surface area contributed by atoms with Crippen molar-refractivity contribution >= 4 is 47.0 Å². The van der Waals surface area contributed by atoms with E-state index in [2.05, 4.69) is 10.2 Å². The quantitative estimate of drug-likeness (QED) is 0.147. The molecule has 1 heterocycles. The Balaban J connectivity index is 1.52. The number of aromatic nitrogens is 2. The molecule has 0 fully saturated rings. The molecule has 0 aliphatic rings. The van der Waals surface area contributed by atoms with Gasteiger partial charge in [0.1, 0.15) is 23.0 Å². The Bertz CT molecular complexity index is 1500.